The normalized spacial score (nSPS) is 16.9. The fourth-order valence-corrected chi connectivity index (χ4v) is 4.03. The van der Waals surface area contributed by atoms with Crippen molar-refractivity contribution in [1.82, 2.24) is 10.6 Å². The molecule has 0 aliphatic carbocycles. The topological polar surface area (TPSA) is 117 Å². The molecule has 1 aliphatic heterocycles. The van der Waals surface area contributed by atoms with Crippen LogP contribution in [0.4, 0.5) is 13.2 Å². The first-order valence-corrected chi connectivity index (χ1v) is 12.1. The molecule has 4 atom stereocenters. The van der Waals surface area contributed by atoms with Crippen molar-refractivity contribution in [3.05, 3.63) is 71.8 Å². The van der Waals surface area contributed by atoms with Crippen LogP contribution in [0.25, 0.3) is 0 Å². The number of benzene rings is 2. The van der Waals surface area contributed by atoms with Crippen LogP contribution in [-0.2, 0) is 36.9 Å². The Morgan fingerprint density at radius 2 is 1.59 bits per heavy atom. The maximum absolute atomic E-state index is 13.1. The Morgan fingerprint density at radius 1 is 1.05 bits per heavy atom. The molecule has 1 fully saturated rings. The number of nitrogens with one attached hydrogen (secondary N) is 2. The van der Waals surface area contributed by atoms with E-state index in [2.05, 4.69) is 10.6 Å². The van der Waals surface area contributed by atoms with Gasteiger partial charge in [0.15, 0.2) is 0 Å². The molecule has 0 unspecified atom stereocenters. The molecule has 208 valence electrons. The van der Waals surface area contributed by atoms with Gasteiger partial charge in [0.25, 0.3) is 0 Å². The molecule has 1 heterocycles. The predicted octanol–water partition coefficient (Wildman–Crippen LogP) is -0.837. The minimum absolute atomic E-state index is 0. The molecule has 0 aromatic heterocycles. The smallest absolute Gasteiger partial charge is 0.542 e. The van der Waals surface area contributed by atoms with Crippen molar-refractivity contribution in [3.63, 3.8) is 0 Å². The Hall–Kier alpha value is -2.44. The van der Waals surface area contributed by atoms with E-state index in [1.54, 1.807) is 7.11 Å². The molecule has 39 heavy (non-hydrogen) atoms. The number of carboxylic acids is 1. The maximum atomic E-state index is 13.1. The van der Waals surface area contributed by atoms with Gasteiger partial charge in [-0.1, -0.05) is 67.6 Å². The summed E-state index contributed by atoms with van der Waals surface area (Å²) in [7, 11) is 1.63. The molecule has 1 saturated heterocycles. The first-order chi connectivity index (χ1) is 18.0. The number of halogens is 3. The van der Waals surface area contributed by atoms with Crippen LogP contribution in [0.2, 0.25) is 0 Å². The van der Waals surface area contributed by atoms with E-state index in [1.807, 2.05) is 67.6 Å². The van der Waals surface area contributed by atoms with Crippen LogP contribution in [-0.4, -0.2) is 55.9 Å². The molecule has 2 aromatic rings. The van der Waals surface area contributed by atoms with E-state index in [-0.39, 0.29) is 54.2 Å². The van der Waals surface area contributed by atoms with Gasteiger partial charge in [-0.05, 0) is 30.5 Å². The van der Waals surface area contributed by atoms with E-state index in [0.29, 0.717) is 6.42 Å². The van der Waals surface area contributed by atoms with Gasteiger partial charge in [-0.2, -0.15) is 13.2 Å². The van der Waals surface area contributed by atoms with Gasteiger partial charge in [0, 0.05) is 19.6 Å². The summed E-state index contributed by atoms with van der Waals surface area (Å²) in [5, 5.41) is 15.1. The molecule has 1 amide bonds. The van der Waals surface area contributed by atoms with E-state index < -0.39 is 30.1 Å². The first-order valence-electron chi connectivity index (χ1n) is 12.1. The molecule has 0 bridgehead atoms. The summed E-state index contributed by atoms with van der Waals surface area (Å²) in [5.41, 5.74) is 1.86. The third-order valence-corrected chi connectivity index (χ3v) is 6.01. The van der Waals surface area contributed by atoms with Crippen molar-refractivity contribution >= 4 is 17.8 Å². The molecule has 1 aliphatic rings. The van der Waals surface area contributed by atoms with Crippen molar-refractivity contribution in [2.45, 2.75) is 57.2 Å². The minimum Gasteiger partial charge on any atom is -0.542 e. The minimum atomic E-state index is -5.19. The largest absolute Gasteiger partial charge is 1.00 e. The Bertz CT molecular complexity index is 1020. The van der Waals surface area contributed by atoms with Crippen molar-refractivity contribution in [2.75, 3.05) is 13.7 Å². The monoisotopic (exact) mass is 560 g/mol. The molecule has 2 N–H and O–H groups in total. The molecule has 0 spiro atoms. The first kappa shape index (κ1) is 34.6. The van der Waals surface area contributed by atoms with Gasteiger partial charge < -0.3 is 30.0 Å². The zero-order chi connectivity index (χ0) is 28.1. The van der Waals surface area contributed by atoms with Gasteiger partial charge in [0.05, 0.1) is 12.0 Å². The molecule has 0 saturated carbocycles. The van der Waals surface area contributed by atoms with E-state index >= 15 is 0 Å². The number of hydrogen-bond donors (Lipinski definition) is 2. The molecular weight excluding hydrogens is 528 g/mol. The van der Waals surface area contributed by atoms with Crippen LogP contribution in [0.1, 0.15) is 30.9 Å². The Balaban J connectivity index is 0.000000841. The third-order valence-electron chi connectivity index (χ3n) is 6.01. The molecule has 12 heteroatoms. The van der Waals surface area contributed by atoms with E-state index in [4.69, 9.17) is 19.4 Å². The standard InChI is InChI=1S/C25H32N2O4.C2HF3O2.Na/c1-18(23(30-2)21-14-9-15-26-21)24(28)27-22(16-19-10-5-3-6-11-19)25(29)31-17-20-12-7-4-8-13-20;3-2(4,5)1(6)7;/h3-8,10-13,18,21-23,26H,9,14-17H2,1-2H3,(H,27,28);(H,6,7);/q;;+1/p-1/t18-,21+,22+,23-;;/m1../s1. The summed E-state index contributed by atoms with van der Waals surface area (Å²) >= 11 is 0. The van der Waals surface area contributed by atoms with Crippen LogP contribution >= 0.6 is 0 Å². The fourth-order valence-electron chi connectivity index (χ4n) is 4.03. The van der Waals surface area contributed by atoms with Crippen LogP contribution in [0, 0.1) is 5.92 Å². The summed E-state index contributed by atoms with van der Waals surface area (Å²) in [6.45, 7) is 2.95. The van der Waals surface area contributed by atoms with E-state index in [1.165, 1.54) is 0 Å². The molecule has 2 aromatic carbocycles. The van der Waals surface area contributed by atoms with Crippen LogP contribution in [0.5, 0.6) is 0 Å². The number of esters is 1. The number of methoxy groups -OCH3 is 1. The summed E-state index contributed by atoms with van der Waals surface area (Å²) in [6, 6.07) is 18.5. The van der Waals surface area contributed by atoms with Crippen molar-refractivity contribution in [2.24, 2.45) is 5.92 Å². The van der Waals surface area contributed by atoms with Gasteiger partial charge in [-0.3, -0.25) is 4.79 Å². The Kier molecular flexibility index (Phi) is 15.3. The van der Waals surface area contributed by atoms with Gasteiger partial charge in [0.1, 0.15) is 18.6 Å². The zero-order valence-corrected chi connectivity index (χ0v) is 24.2. The average Bonchev–Trinajstić information content (AvgIpc) is 3.43. The summed E-state index contributed by atoms with van der Waals surface area (Å²) < 4.78 is 42.7. The molecule has 0 radical (unpaired) electrons. The summed E-state index contributed by atoms with van der Waals surface area (Å²) in [5.74, 6) is -4.06. The molecule has 3 rings (SSSR count). The Morgan fingerprint density at radius 3 is 2.05 bits per heavy atom. The summed E-state index contributed by atoms with van der Waals surface area (Å²) in [6.07, 6.45) is -3.03. The number of carboxylic acid groups (broad SMARTS) is 1. The van der Waals surface area contributed by atoms with Gasteiger partial charge in [0.2, 0.25) is 5.91 Å². The van der Waals surface area contributed by atoms with E-state index in [9.17, 15) is 22.8 Å². The number of hydrogen-bond acceptors (Lipinski definition) is 7. The number of alkyl halides is 3. The number of carbonyl (C=O) groups is 3. The van der Waals surface area contributed by atoms with Crippen molar-refractivity contribution in [1.29, 1.82) is 0 Å². The molecule has 8 nitrogen and oxygen atoms in total. The number of carbonyl (C=O) groups excluding carboxylic acids is 3. The summed E-state index contributed by atoms with van der Waals surface area (Å²) in [4.78, 5) is 34.7. The van der Waals surface area contributed by atoms with Crippen molar-refractivity contribution < 1.29 is 71.7 Å². The quantitative estimate of drug-likeness (QED) is 0.288. The predicted molar refractivity (Wildman–Crippen MR) is 130 cm³/mol. The third kappa shape index (κ3) is 12.1. The number of amides is 1. The fraction of sp³-hybridized carbons (Fsp3) is 0.444. The number of ether oxygens (including phenoxy) is 2. The van der Waals surface area contributed by atoms with Crippen LogP contribution in [0.3, 0.4) is 0 Å². The van der Waals surface area contributed by atoms with Crippen molar-refractivity contribution in [3.8, 4) is 0 Å². The SMILES string of the molecule is CO[C@@H]([C@@H]1CCCN1)[C@@H](C)C(=O)N[C@@H](Cc1ccccc1)C(=O)OCc1ccccc1.O=C([O-])C(F)(F)F.[Na+]. The second kappa shape index (κ2) is 17.3. The number of aliphatic carboxylic acids is 1. The van der Waals surface area contributed by atoms with Gasteiger partial charge in [-0.15, -0.1) is 0 Å². The van der Waals surface area contributed by atoms with Crippen LogP contribution < -0.4 is 45.3 Å². The zero-order valence-electron chi connectivity index (χ0n) is 22.2. The average molecular weight is 561 g/mol. The van der Waals surface area contributed by atoms with Gasteiger partial charge >= 0.3 is 41.7 Å². The van der Waals surface area contributed by atoms with Crippen LogP contribution in [0.15, 0.2) is 60.7 Å². The van der Waals surface area contributed by atoms with Gasteiger partial charge in [-0.25, -0.2) is 4.79 Å². The molecular formula is C27H32F3N2NaO6. The Labute approximate surface area is 247 Å². The number of rotatable bonds is 10. The maximum Gasteiger partial charge on any atom is 1.00 e. The van der Waals surface area contributed by atoms with E-state index in [0.717, 1.165) is 30.5 Å². The second-order valence-electron chi connectivity index (χ2n) is 8.82. The second-order valence-corrected chi connectivity index (χ2v) is 8.82.